The van der Waals surface area contributed by atoms with Gasteiger partial charge in [0.05, 0.1) is 12.1 Å². The second kappa shape index (κ2) is 5.22. The van der Waals surface area contributed by atoms with Crippen molar-refractivity contribution in [2.45, 2.75) is 52.0 Å². The number of nitrogens with one attached hydrogen (secondary N) is 1. The second-order valence-corrected chi connectivity index (χ2v) is 5.74. The van der Waals surface area contributed by atoms with Gasteiger partial charge in [0.15, 0.2) is 0 Å². The molecule has 0 radical (unpaired) electrons. The van der Waals surface area contributed by atoms with Crippen LogP contribution in [0.4, 0.5) is 5.95 Å². The summed E-state index contributed by atoms with van der Waals surface area (Å²) in [5.41, 5.74) is 1.68. The van der Waals surface area contributed by atoms with Gasteiger partial charge in [0, 0.05) is 11.4 Å². The molecule has 1 fully saturated rings. The van der Waals surface area contributed by atoms with Crippen molar-refractivity contribution in [1.82, 2.24) is 9.97 Å². The molecule has 18 heavy (non-hydrogen) atoms. The van der Waals surface area contributed by atoms with E-state index in [-0.39, 0.29) is 12.1 Å². The summed E-state index contributed by atoms with van der Waals surface area (Å²) >= 11 is 0. The number of nitrogens with zero attached hydrogens (tertiary/aromatic N) is 2. The Kier molecular flexibility index (Phi) is 3.85. The third-order valence-corrected chi connectivity index (χ3v) is 3.75. The van der Waals surface area contributed by atoms with Crippen molar-refractivity contribution >= 4 is 5.95 Å². The van der Waals surface area contributed by atoms with Crippen LogP contribution in [0.5, 0.6) is 0 Å². The van der Waals surface area contributed by atoms with E-state index in [4.69, 9.17) is 0 Å². The summed E-state index contributed by atoms with van der Waals surface area (Å²) < 4.78 is 0. The molecule has 4 heteroatoms. The number of aliphatic hydroxyl groups is 1. The fraction of sp³-hybridized carbons (Fsp3) is 0.714. The van der Waals surface area contributed by atoms with Crippen molar-refractivity contribution in [2.24, 2.45) is 5.92 Å². The third kappa shape index (κ3) is 2.99. The fourth-order valence-corrected chi connectivity index (χ4v) is 2.98. The maximum absolute atomic E-state index is 9.74. The lowest BCUT2D eigenvalue weighted by molar-refractivity contribution is 0.149. The van der Waals surface area contributed by atoms with Crippen LogP contribution in [0.15, 0.2) is 6.07 Å². The molecule has 1 aliphatic carbocycles. The minimum Gasteiger partial charge on any atom is -0.394 e. The zero-order chi connectivity index (χ0) is 13.2. The first-order valence-electron chi connectivity index (χ1n) is 6.74. The van der Waals surface area contributed by atoms with Gasteiger partial charge in [0.2, 0.25) is 5.95 Å². The number of rotatable bonds is 3. The lowest BCUT2D eigenvalue weighted by atomic mass is 9.77. The summed E-state index contributed by atoms with van der Waals surface area (Å²) in [6, 6.07) is 1.96. The van der Waals surface area contributed by atoms with Gasteiger partial charge in [-0.3, -0.25) is 0 Å². The summed E-state index contributed by atoms with van der Waals surface area (Å²) in [5.74, 6) is 1.29. The molecule has 0 aromatic carbocycles. The van der Waals surface area contributed by atoms with Crippen molar-refractivity contribution < 1.29 is 5.11 Å². The van der Waals surface area contributed by atoms with Gasteiger partial charge < -0.3 is 10.4 Å². The van der Waals surface area contributed by atoms with E-state index < -0.39 is 0 Å². The summed E-state index contributed by atoms with van der Waals surface area (Å²) in [4.78, 5) is 8.83. The highest BCUT2D eigenvalue weighted by Gasteiger charge is 2.35. The maximum Gasteiger partial charge on any atom is 0.223 e. The van der Waals surface area contributed by atoms with Gasteiger partial charge in [0.1, 0.15) is 0 Å². The second-order valence-electron chi connectivity index (χ2n) is 5.74. The van der Waals surface area contributed by atoms with Crippen molar-refractivity contribution in [3.8, 4) is 0 Å². The van der Waals surface area contributed by atoms with Crippen LogP contribution >= 0.6 is 0 Å². The lowest BCUT2D eigenvalue weighted by Gasteiger charge is -2.39. The van der Waals surface area contributed by atoms with E-state index in [0.29, 0.717) is 11.9 Å². The monoisotopic (exact) mass is 249 g/mol. The van der Waals surface area contributed by atoms with Crippen LogP contribution in [-0.2, 0) is 0 Å². The molecule has 1 aliphatic rings. The zero-order valence-corrected chi connectivity index (χ0v) is 11.5. The van der Waals surface area contributed by atoms with E-state index in [2.05, 4.69) is 22.2 Å². The Morgan fingerprint density at radius 2 is 2.06 bits per heavy atom. The van der Waals surface area contributed by atoms with Crippen LogP contribution in [0.2, 0.25) is 0 Å². The number of anilines is 1. The molecule has 0 aliphatic heterocycles. The Morgan fingerprint density at radius 3 is 2.61 bits per heavy atom. The number of aromatic nitrogens is 2. The summed E-state index contributed by atoms with van der Waals surface area (Å²) in [6.45, 7) is 6.32. The Bertz CT molecular complexity index is 401. The van der Waals surface area contributed by atoms with E-state index in [1.54, 1.807) is 0 Å². The highest BCUT2D eigenvalue weighted by Crippen LogP contribution is 2.34. The molecule has 1 saturated carbocycles. The van der Waals surface area contributed by atoms with E-state index in [9.17, 15) is 5.11 Å². The van der Waals surface area contributed by atoms with Gasteiger partial charge in [-0.15, -0.1) is 0 Å². The molecule has 0 amide bonds. The smallest absolute Gasteiger partial charge is 0.223 e. The average molecular weight is 249 g/mol. The molecular weight excluding hydrogens is 226 g/mol. The topological polar surface area (TPSA) is 58.0 Å². The summed E-state index contributed by atoms with van der Waals surface area (Å²) in [6.07, 6.45) is 4.38. The summed E-state index contributed by atoms with van der Waals surface area (Å²) in [5, 5.41) is 13.1. The van der Waals surface area contributed by atoms with Crippen LogP contribution in [-0.4, -0.2) is 27.2 Å². The van der Waals surface area contributed by atoms with Crippen molar-refractivity contribution in [3.05, 3.63) is 17.5 Å². The largest absolute Gasteiger partial charge is 0.394 e. The Morgan fingerprint density at radius 1 is 1.39 bits per heavy atom. The molecule has 1 aromatic rings. The average Bonchev–Trinajstić information content (AvgIpc) is 2.27. The SMILES string of the molecule is Cc1cc(C)nc(NC2(CO)CCCC(C)C2)n1. The molecule has 2 N–H and O–H groups in total. The van der Waals surface area contributed by atoms with Gasteiger partial charge in [0.25, 0.3) is 0 Å². The molecule has 0 bridgehead atoms. The Labute approximate surface area is 109 Å². The molecule has 4 nitrogen and oxygen atoms in total. The molecule has 2 unspecified atom stereocenters. The third-order valence-electron chi connectivity index (χ3n) is 3.75. The molecule has 1 heterocycles. The normalized spacial score (nSPS) is 28.1. The first-order chi connectivity index (χ1) is 8.53. The minimum atomic E-state index is -0.238. The fourth-order valence-electron chi connectivity index (χ4n) is 2.98. The molecule has 0 saturated heterocycles. The van der Waals surface area contributed by atoms with Crippen LogP contribution < -0.4 is 5.32 Å². The number of aliphatic hydroxyl groups excluding tert-OH is 1. The molecule has 2 rings (SSSR count). The molecule has 2 atom stereocenters. The number of aryl methyl sites for hydroxylation is 2. The highest BCUT2D eigenvalue weighted by molar-refractivity contribution is 5.32. The van der Waals surface area contributed by atoms with Crippen molar-refractivity contribution in [1.29, 1.82) is 0 Å². The summed E-state index contributed by atoms with van der Waals surface area (Å²) in [7, 11) is 0. The number of hydrogen-bond acceptors (Lipinski definition) is 4. The van der Waals surface area contributed by atoms with Crippen LogP contribution in [0.25, 0.3) is 0 Å². The van der Waals surface area contributed by atoms with E-state index >= 15 is 0 Å². The quantitative estimate of drug-likeness (QED) is 0.864. The van der Waals surface area contributed by atoms with Gasteiger partial charge in [-0.1, -0.05) is 19.8 Å². The maximum atomic E-state index is 9.74. The van der Waals surface area contributed by atoms with Crippen molar-refractivity contribution in [3.63, 3.8) is 0 Å². The predicted octanol–water partition coefficient (Wildman–Crippen LogP) is 2.45. The van der Waals surface area contributed by atoms with E-state index in [1.165, 1.54) is 6.42 Å². The number of hydrogen-bond donors (Lipinski definition) is 2. The van der Waals surface area contributed by atoms with Gasteiger partial charge in [-0.05, 0) is 38.7 Å². The molecule has 100 valence electrons. The van der Waals surface area contributed by atoms with Gasteiger partial charge >= 0.3 is 0 Å². The van der Waals surface area contributed by atoms with Gasteiger partial charge in [-0.25, -0.2) is 9.97 Å². The van der Waals surface area contributed by atoms with E-state index in [0.717, 1.165) is 30.7 Å². The van der Waals surface area contributed by atoms with Crippen LogP contribution in [0, 0.1) is 19.8 Å². The first-order valence-corrected chi connectivity index (χ1v) is 6.74. The predicted molar refractivity (Wildman–Crippen MR) is 72.6 cm³/mol. The van der Waals surface area contributed by atoms with Crippen LogP contribution in [0.1, 0.15) is 44.0 Å². The lowest BCUT2D eigenvalue weighted by Crippen LogP contribution is -2.46. The molecule has 0 spiro atoms. The molecular formula is C14H23N3O. The Hall–Kier alpha value is -1.16. The Balaban J connectivity index is 2.18. The standard InChI is InChI=1S/C14H23N3O/c1-10-5-4-6-14(8-10,9-18)17-13-15-11(2)7-12(3)16-13/h7,10,18H,4-6,8-9H2,1-3H3,(H,15,16,17). The minimum absolute atomic E-state index is 0.147. The highest BCUT2D eigenvalue weighted by atomic mass is 16.3. The van der Waals surface area contributed by atoms with Crippen molar-refractivity contribution in [2.75, 3.05) is 11.9 Å². The van der Waals surface area contributed by atoms with Gasteiger partial charge in [-0.2, -0.15) is 0 Å². The zero-order valence-electron chi connectivity index (χ0n) is 11.5. The van der Waals surface area contributed by atoms with Crippen LogP contribution in [0.3, 0.4) is 0 Å². The van der Waals surface area contributed by atoms with E-state index in [1.807, 2.05) is 19.9 Å². The molecule has 1 aromatic heterocycles. The first kappa shape index (κ1) is 13.3.